The van der Waals surface area contributed by atoms with Crippen molar-refractivity contribution in [2.24, 2.45) is 0 Å². The quantitative estimate of drug-likeness (QED) is 0.883. The van der Waals surface area contributed by atoms with Crippen LogP contribution in [-0.2, 0) is 11.2 Å². The van der Waals surface area contributed by atoms with Gasteiger partial charge >= 0.3 is 0 Å². The molecule has 3 rings (SSSR count). The van der Waals surface area contributed by atoms with E-state index in [1.807, 2.05) is 30.3 Å². The number of rotatable bonds is 3. The van der Waals surface area contributed by atoms with Crippen LogP contribution in [0, 0.1) is 0 Å². The fraction of sp³-hybridized carbons (Fsp3) is 0.125. The molecule has 0 spiro atoms. The molecule has 2 aromatic rings. The van der Waals surface area contributed by atoms with Crippen molar-refractivity contribution < 1.29 is 4.79 Å². The van der Waals surface area contributed by atoms with Gasteiger partial charge in [-0.3, -0.25) is 9.69 Å². The number of benzene rings is 2. The lowest BCUT2D eigenvalue weighted by Gasteiger charge is -2.14. The summed E-state index contributed by atoms with van der Waals surface area (Å²) in [5.74, 6) is -0.0359. The summed E-state index contributed by atoms with van der Waals surface area (Å²) < 4.78 is 0. The van der Waals surface area contributed by atoms with Crippen LogP contribution in [0.5, 0.6) is 0 Å². The van der Waals surface area contributed by atoms with Gasteiger partial charge in [-0.05, 0) is 42.0 Å². The van der Waals surface area contributed by atoms with Gasteiger partial charge in [-0.2, -0.15) is 0 Å². The van der Waals surface area contributed by atoms with Gasteiger partial charge in [0.05, 0.1) is 5.69 Å². The molecule has 1 aliphatic heterocycles. The third-order valence-electron chi connectivity index (χ3n) is 3.39. The lowest BCUT2D eigenvalue weighted by atomic mass is 10.1. The Bertz CT molecular complexity index is 672. The summed E-state index contributed by atoms with van der Waals surface area (Å²) in [6, 6.07) is 16.6. The highest BCUT2D eigenvalue weighted by atomic mass is 35.5. The summed E-state index contributed by atoms with van der Waals surface area (Å²) in [7, 11) is 0. The van der Waals surface area contributed by atoms with E-state index in [0.717, 1.165) is 11.3 Å². The van der Waals surface area contributed by atoms with Crippen molar-refractivity contribution in [2.45, 2.75) is 12.5 Å². The molecular weight excluding hydrogens is 304 g/mol. The Balaban J connectivity index is 1.80. The number of thiocarbonyl (C=S) groups is 1. The van der Waals surface area contributed by atoms with E-state index in [2.05, 4.69) is 5.32 Å². The Labute approximate surface area is 133 Å². The van der Waals surface area contributed by atoms with Crippen molar-refractivity contribution in [1.82, 2.24) is 5.32 Å². The van der Waals surface area contributed by atoms with Crippen LogP contribution in [0.15, 0.2) is 54.6 Å². The second-order valence-electron chi connectivity index (χ2n) is 4.84. The van der Waals surface area contributed by atoms with Crippen LogP contribution < -0.4 is 10.2 Å². The molecule has 1 aliphatic rings. The summed E-state index contributed by atoms with van der Waals surface area (Å²) in [5.41, 5.74) is 1.83. The zero-order valence-corrected chi connectivity index (χ0v) is 12.7. The summed E-state index contributed by atoms with van der Waals surface area (Å²) in [5, 5.41) is 4.15. The maximum absolute atomic E-state index is 12.5. The van der Waals surface area contributed by atoms with Crippen molar-refractivity contribution in [1.29, 1.82) is 0 Å². The highest BCUT2D eigenvalue weighted by Crippen LogP contribution is 2.23. The van der Waals surface area contributed by atoms with Gasteiger partial charge in [0.1, 0.15) is 6.04 Å². The Kier molecular flexibility index (Phi) is 3.90. The second kappa shape index (κ2) is 5.84. The molecule has 0 radical (unpaired) electrons. The Morgan fingerprint density at radius 3 is 2.43 bits per heavy atom. The summed E-state index contributed by atoms with van der Waals surface area (Å²) in [4.78, 5) is 14.1. The maximum Gasteiger partial charge on any atom is 0.256 e. The predicted molar refractivity (Wildman–Crippen MR) is 88.6 cm³/mol. The SMILES string of the molecule is O=C1[C@H](Cc2ccccc2)NC(=S)N1c1ccc(Cl)cc1. The molecule has 3 nitrogen and oxygen atoms in total. The minimum absolute atomic E-state index is 0.0359. The van der Waals surface area contributed by atoms with Crippen LogP contribution >= 0.6 is 23.8 Å². The number of carbonyl (C=O) groups excluding carboxylic acids is 1. The number of anilines is 1. The van der Waals surface area contributed by atoms with Crippen LogP contribution in [-0.4, -0.2) is 17.1 Å². The first-order chi connectivity index (χ1) is 10.1. The number of hydrogen-bond donors (Lipinski definition) is 1. The van der Waals surface area contributed by atoms with E-state index >= 15 is 0 Å². The highest BCUT2D eigenvalue weighted by molar-refractivity contribution is 7.80. The summed E-state index contributed by atoms with van der Waals surface area (Å²) >= 11 is 11.2. The molecule has 0 aromatic heterocycles. The van der Waals surface area contributed by atoms with E-state index in [-0.39, 0.29) is 11.9 Å². The maximum atomic E-state index is 12.5. The predicted octanol–water partition coefficient (Wildman–Crippen LogP) is 3.17. The highest BCUT2D eigenvalue weighted by Gasteiger charge is 2.36. The Morgan fingerprint density at radius 1 is 1.10 bits per heavy atom. The fourth-order valence-corrected chi connectivity index (χ4v) is 2.82. The molecule has 5 heteroatoms. The summed E-state index contributed by atoms with van der Waals surface area (Å²) in [6.07, 6.45) is 0.615. The third kappa shape index (κ3) is 2.91. The molecule has 0 bridgehead atoms. The molecule has 1 fully saturated rings. The van der Waals surface area contributed by atoms with Gasteiger partial charge in [-0.25, -0.2) is 0 Å². The van der Waals surface area contributed by atoms with Gasteiger partial charge in [0, 0.05) is 11.4 Å². The molecule has 0 saturated carbocycles. The molecule has 1 N–H and O–H groups in total. The fourth-order valence-electron chi connectivity index (χ4n) is 2.35. The van der Waals surface area contributed by atoms with Gasteiger partial charge in [0.25, 0.3) is 5.91 Å². The van der Waals surface area contributed by atoms with Crippen LogP contribution in [0.25, 0.3) is 0 Å². The van der Waals surface area contributed by atoms with Gasteiger partial charge in [-0.1, -0.05) is 41.9 Å². The van der Waals surface area contributed by atoms with Crippen molar-refractivity contribution in [3.8, 4) is 0 Å². The van der Waals surface area contributed by atoms with E-state index in [1.165, 1.54) is 4.90 Å². The monoisotopic (exact) mass is 316 g/mol. The molecule has 106 valence electrons. The van der Waals surface area contributed by atoms with Gasteiger partial charge in [0.15, 0.2) is 5.11 Å². The average Bonchev–Trinajstić information content (AvgIpc) is 2.76. The first kappa shape index (κ1) is 14.0. The van der Waals surface area contributed by atoms with E-state index < -0.39 is 0 Å². The zero-order valence-electron chi connectivity index (χ0n) is 11.1. The van der Waals surface area contributed by atoms with Crippen LogP contribution in [0.1, 0.15) is 5.56 Å². The number of halogens is 1. The van der Waals surface area contributed by atoms with Gasteiger partial charge < -0.3 is 5.32 Å². The first-order valence-electron chi connectivity index (χ1n) is 6.59. The molecular formula is C16H13ClN2OS. The number of nitrogens with one attached hydrogen (secondary N) is 1. The van der Waals surface area contributed by atoms with E-state index in [1.54, 1.807) is 24.3 Å². The van der Waals surface area contributed by atoms with Crippen molar-refractivity contribution in [2.75, 3.05) is 4.90 Å². The standard InChI is InChI=1S/C16H13ClN2OS/c17-12-6-8-13(9-7-12)19-15(20)14(18-16(19)21)10-11-4-2-1-3-5-11/h1-9,14H,10H2,(H,18,21)/t14-/m0/s1. The molecule has 1 atom stereocenters. The smallest absolute Gasteiger partial charge is 0.256 e. The Hall–Kier alpha value is -1.91. The molecule has 0 aliphatic carbocycles. The average molecular weight is 317 g/mol. The zero-order chi connectivity index (χ0) is 14.8. The molecule has 1 amide bonds. The van der Waals surface area contributed by atoms with Crippen LogP contribution in [0.4, 0.5) is 5.69 Å². The minimum atomic E-state index is -0.324. The van der Waals surface area contributed by atoms with E-state index in [4.69, 9.17) is 23.8 Å². The van der Waals surface area contributed by atoms with E-state index in [9.17, 15) is 4.79 Å². The molecule has 0 unspecified atom stereocenters. The van der Waals surface area contributed by atoms with Crippen molar-refractivity contribution >= 4 is 40.5 Å². The van der Waals surface area contributed by atoms with Crippen molar-refractivity contribution in [3.05, 3.63) is 65.2 Å². The second-order valence-corrected chi connectivity index (χ2v) is 5.66. The van der Waals surface area contributed by atoms with E-state index in [0.29, 0.717) is 16.6 Å². The number of amides is 1. The molecule has 21 heavy (non-hydrogen) atoms. The van der Waals surface area contributed by atoms with Crippen molar-refractivity contribution in [3.63, 3.8) is 0 Å². The van der Waals surface area contributed by atoms with Gasteiger partial charge in [0.2, 0.25) is 0 Å². The third-order valence-corrected chi connectivity index (χ3v) is 3.94. The molecule has 1 heterocycles. The molecule has 2 aromatic carbocycles. The first-order valence-corrected chi connectivity index (χ1v) is 7.38. The lowest BCUT2D eigenvalue weighted by Crippen LogP contribution is -2.32. The number of carbonyl (C=O) groups is 1. The number of hydrogen-bond acceptors (Lipinski definition) is 2. The summed E-state index contributed by atoms with van der Waals surface area (Å²) in [6.45, 7) is 0. The normalized spacial score (nSPS) is 18.0. The number of nitrogens with zero attached hydrogens (tertiary/aromatic N) is 1. The minimum Gasteiger partial charge on any atom is -0.350 e. The van der Waals surface area contributed by atoms with Crippen LogP contribution in [0.2, 0.25) is 5.02 Å². The lowest BCUT2D eigenvalue weighted by molar-refractivity contribution is -0.118. The molecule has 1 saturated heterocycles. The Morgan fingerprint density at radius 2 is 1.76 bits per heavy atom. The van der Waals surface area contributed by atoms with Crippen LogP contribution in [0.3, 0.4) is 0 Å². The largest absolute Gasteiger partial charge is 0.350 e. The topological polar surface area (TPSA) is 32.3 Å². The van der Waals surface area contributed by atoms with Gasteiger partial charge in [-0.15, -0.1) is 0 Å².